The second-order valence-electron chi connectivity index (χ2n) is 7.19. The Morgan fingerprint density at radius 2 is 1.89 bits per heavy atom. The van der Waals surface area contributed by atoms with Crippen molar-refractivity contribution in [2.24, 2.45) is 17.6 Å². The van der Waals surface area contributed by atoms with E-state index in [9.17, 15) is 21.6 Å². The Morgan fingerprint density at radius 1 is 1.26 bits per heavy atom. The Morgan fingerprint density at radius 3 is 2.44 bits per heavy atom. The van der Waals surface area contributed by atoms with Crippen LogP contribution in [0, 0.1) is 18.8 Å². The number of rotatable bonds is 3. The highest BCUT2D eigenvalue weighted by molar-refractivity contribution is 7.89. The maximum absolute atomic E-state index is 13.1. The van der Waals surface area contributed by atoms with Gasteiger partial charge in [0.2, 0.25) is 10.0 Å². The van der Waals surface area contributed by atoms with Gasteiger partial charge >= 0.3 is 6.18 Å². The lowest BCUT2D eigenvalue weighted by atomic mass is 9.95. The first-order valence-electron chi connectivity index (χ1n) is 8.56. The number of fused-ring (bicyclic) bond motifs is 2. The Balaban J connectivity index is 1.64. The Bertz CT molecular complexity index is 953. The van der Waals surface area contributed by atoms with E-state index in [1.165, 1.54) is 10.4 Å². The Kier molecular flexibility index (Phi) is 4.41. The zero-order valence-corrected chi connectivity index (χ0v) is 16.1. The first-order chi connectivity index (χ1) is 12.6. The van der Waals surface area contributed by atoms with Gasteiger partial charge in [-0.2, -0.15) is 22.6 Å². The molecule has 0 aromatic carbocycles. The molecular weight excluding hydrogens is 401 g/mol. The molecule has 0 amide bonds. The van der Waals surface area contributed by atoms with Crippen LogP contribution in [0.3, 0.4) is 0 Å². The number of nitrogens with one attached hydrogen (secondary N) is 1. The van der Waals surface area contributed by atoms with E-state index < -0.39 is 21.9 Å². The van der Waals surface area contributed by atoms with Gasteiger partial charge in [-0.05, 0) is 43.7 Å². The fourth-order valence-corrected chi connectivity index (χ4v) is 7.07. The minimum atomic E-state index is -4.53. The summed E-state index contributed by atoms with van der Waals surface area (Å²) in [6, 6.07) is 2.35. The van der Waals surface area contributed by atoms with Gasteiger partial charge in [-0.1, -0.05) is 0 Å². The molecule has 3 heterocycles. The number of alkyl halides is 3. The summed E-state index contributed by atoms with van der Waals surface area (Å²) in [5, 5.41) is 5.64. The van der Waals surface area contributed by atoms with Crippen LogP contribution in [0.4, 0.5) is 13.2 Å². The minimum Gasteiger partial charge on any atom is -0.327 e. The van der Waals surface area contributed by atoms with Crippen molar-refractivity contribution in [3.05, 3.63) is 22.7 Å². The first kappa shape index (κ1) is 18.9. The monoisotopic (exact) mass is 420 g/mol. The third kappa shape index (κ3) is 3.20. The summed E-state index contributed by atoms with van der Waals surface area (Å²) in [5.74, 6) is 0.329. The molecule has 148 valence electrons. The summed E-state index contributed by atoms with van der Waals surface area (Å²) in [4.78, 5) is 1.05. The van der Waals surface area contributed by atoms with Crippen LogP contribution in [0.15, 0.2) is 17.0 Å². The highest BCUT2D eigenvalue weighted by Crippen LogP contribution is 2.40. The number of piperidine rings is 1. The molecule has 11 heteroatoms. The van der Waals surface area contributed by atoms with Crippen LogP contribution in [0.2, 0.25) is 0 Å². The second-order valence-corrected chi connectivity index (χ2v) is 10.4. The summed E-state index contributed by atoms with van der Waals surface area (Å²) >= 11 is 1.12. The van der Waals surface area contributed by atoms with E-state index in [0.717, 1.165) is 30.2 Å². The summed E-state index contributed by atoms with van der Waals surface area (Å²) in [7, 11) is -3.72. The number of nitrogens with two attached hydrogens (primary N) is 1. The molecule has 4 rings (SSSR count). The van der Waals surface area contributed by atoms with E-state index in [4.69, 9.17) is 5.73 Å². The molecule has 3 N–H and O–H groups in total. The summed E-state index contributed by atoms with van der Waals surface area (Å²) < 4.78 is 66.0. The minimum absolute atomic E-state index is 0.0421. The van der Waals surface area contributed by atoms with Gasteiger partial charge in [0.25, 0.3) is 0 Å². The molecule has 0 spiro atoms. The van der Waals surface area contributed by atoms with Crippen molar-refractivity contribution in [2.75, 3.05) is 13.1 Å². The molecular formula is C16H19F3N4O2S2. The van der Waals surface area contributed by atoms with Crippen molar-refractivity contribution in [3.63, 3.8) is 0 Å². The van der Waals surface area contributed by atoms with Crippen molar-refractivity contribution in [3.8, 4) is 10.6 Å². The molecule has 2 bridgehead atoms. The molecule has 2 aliphatic rings. The van der Waals surface area contributed by atoms with Crippen LogP contribution >= 0.6 is 11.3 Å². The van der Waals surface area contributed by atoms with Gasteiger partial charge < -0.3 is 5.73 Å². The van der Waals surface area contributed by atoms with Gasteiger partial charge in [0.1, 0.15) is 11.4 Å². The molecule has 2 aromatic rings. The number of H-pyrrole nitrogens is 1. The fourth-order valence-electron chi connectivity index (χ4n) is 4.00. The number of aromatic nitrogens is 2. The average Bonchev–Trinajstić information content (AvgIpc) is 3.24. The van der Waals surface area contributed by atoms with E-state index in [1.807, 2.05) is 5.10 Å². The van der Waals surface area contributed by atoms with E-state index >= 15 is 0 Å². The lowest BCUT2D eigenvalue weighted by molar-refractivity contribution is -0.141. The molecule has 27 heavy (non-hydrogen) atoms. The van der Waals surface area contributed by atoms with Gasteiger partial charge in [-0.3, -0.25) is 5.10 Å². The van der Waals surface area contributed by atoms with Gasteiger partial charge in [0.15, 0.2) is 0 Å². The standard InChI is InChI=1S/C16H19F3N4O2S2/c1-8-13(5-12(26-8)11-4-14(22-21-11)16(17,18)19)27(24,25)23-6-9-2-3-10(7-23)15(9)20/h4-5,9-10,15H,2-3,6-7,20H2,1H3,(H,21,22)/t9-,10+,15?. The Labute approximate surface area is 158 Å². The molecule has 0 radical (unpaired) electrons. The van der Waals surface area contributed by atoms with Crippen molar-refractivity contribution < 1.29 is 21.6 Å². The van der Waals surface area contributed by atoms with Crippen LogP contribution in [0.5, 0.6) is 0 Å². The maximum Gasteiger partial charge on any atom is 0.432 e. The molecule has 2 fully saturated rings. The van der Waals surface area contributed by atoms with E-state index in [2.05, 4.69) is 5.10 Å². The zero-order valence-electron chi connectivity index (χ0n) is 14.5. The number of nitrogens with zero attached hydrogens (tertiary/aromatic N) is 2. The Hall–Kier alpha value is -1.43. The third-order valence-corrected chi connectivity index (χ3v) is 8.66. The number of hydrogen-bond donors (Lipinski definition) is 2. The molecule has 1 saturated carbocycles. The predicted molar refractivity (Wildman–Crippen MR) is 94.6 cm³/mol. The van der Waals surface area contributed by atoms with Crippen LogP contribution in [-0.2, 0) is 16.2 Å². The molecule has 1 unspecified atom stereocenters. The van der Waals surface area contributed by atoms with E-state index in [-0.39, 0.29) is 28.5 Å². The van der Waals surface area contributed by atoms with Crippen LogP contribution in [0.25, 0.3) is 10.6 Å². The number of hydrogen-bond acceptors (Lipinski definition) is 5. The largest absolute Gasteiger partial charge is 0.432 e. The highest BCUT2D eigenvalue weighted by Gasteiger charge is 2.44. The number of sulfonamides is 1. The zero-order chi connectivity index (χ0) is 19.6. The van der Waals surface area contributed by atoms with Crippen LogP contribution in [0.1, 0.15) is 23.4 Å². The topological polar surface area (TPSA) is 92.1 Å². The van der Waals surface area contributed by atoms with Gasteiger partial charge in [0, 0.05) is 24.0 Å². The molecule has 1 saturated heterocycles. The van der Waals surface area contributed by atoms with Crippen molar-refractivity contribution in [1.29, 1.82) is 0 Å². The van der Waals surface area contributed by atoms with Crippen molar-refractivity contribution >= 4 is 21.4 Å². The second kappa shape index (κ2) is 6.29. The van der Waals surface area contributed by atoms with E-state index in [0.29, 0.717) is 22.8 Å². The number of halogens is 3. The SMILES string of the molecule is Cc1sc(-c2cc(C(F)(F)F)[nH]n2)cc1S(=O)(=O)N1C[C@H]2CC[C@@H](C1)C2N. The fraction of sp³-hybridized carbons (Fsp3) is 0.562. The lowest BCUT2D eigenvalue weighted by Gasteiger charge is -2.35. The van der Waals surface area contributed by atoms with Crippen LogP contribution in [-0.4, -0.2) is 42.1 Å². The van der Waals surface area contributed by atoms with Gasteiger partial charge in [-0.15, -0.1) is 11.3 Å². The summed E-state index contributed by atoms with van der Waals surface area (Å²) in [6.07, 6.45) is -2.67. The quantitative estimate of drug-likeness (QED) is 0.799. The molecule has 2 aromatic heterocycles. The van der Waals surface area contributed by atoms with Crippen molar-refractivity contribution in [1.82, 2.24) is 14.5 Å². The number of aryl methyl sites for hydroxylation is 1. The normalized spacial score (nSPS) is 26.6. The van der Waals surface area contributed by atoms with Crippen LogP contribution < -0.4 is 5.73 Å². The highest BCUT2D eigenvalue weighted by atomic mass is 32.2. The first-order valence-corrected chi connectivity index (χ1v) is 10.8. The van der Waals surface area contributed by atoms with Gasteiger partial charge in [-0.25, -0.2) is 8.42 Å². The molecule has 6 nitrogen and oxygen atoms in total. The maximum atomic E-state index is 13.1. The smallest absolute Gasteiger partial charge is 0.327 e. The average molecular weight is 420 g/mol. The summed E-state index contributed by atoms with van der Waals surface area (Å²) in [5.41, 5.74) is 5.27. The molecule has 3 atom stereocenters. The van der Waals surface area contributed by atoms with Crippen molar-refractivity contribution in [2.45, 2.75) is 36.9 Å². The molecule has 1 aliphatic heterocycles. The third-order valence-electron chi connectivity index (χ3n) is 5.50. The number of aromatic amines is 1. The lowest BCUT2D eigenvalue weighted by Crippen LogP contribution is -2.50. The predicted octanol–water partition coefficient (Wildman–Crippen LogP) is 2.82. The van der Waals surface area contributed by atoms with Gasteiger partial charge in [0.05, 0.1) is 9.77 Å². The molecule has 1 aliphatic carbocycles. The summed E-state index contributed by atoms with van der Waals surface area (Å²) in [6.45, 7) is 2.44. The number of thiophene rings is 1. The van der Waals surface area contributed by atoms with E-state index in [1.54, 1.807) is 6.92 Å².